The number of aromatic nitrogens is 1. The fourth-order valence-electron chi connectivity index (χ4n) is 0.955. The van der Waals surface area contributed by atoms with Crippen LogP contribution in [0.15, 0.2) is 10.7 Å². The lowest BCUT2D eigenvalue weighted by molar-refractivity contribution is 0.149. The summed E-state index contributed by atoms with van der Waals surface area (Å²) in [6.45, 7) is -0.392. The number of aliphatic hydroxyl groups is 1. The van der Waals surface area contributed by atoms with Crippen LogP contribution in [-0.4, -0.2) is 10.1 Å². The summed E-state index contributed by atoms with van der Waals surface area (Å²) in [5, 5.41) is 17.3. The SMILES string of the molecule is N#Cc1cc(CO)nc(Br)c1C(F)F. The fourth-order valence-corrected chi connectivity index (χ4v) is 1.57. The molecular weight excluding hydrogens is 258 g/mol. The van der Waals surface area contributed by atoms with Gasteiger partial charge >= 0.3 is 0 Å². The number of nitriles is 1. The summed E-state index contributed by atoms with van der Waals surface area (Å²) in [7, 11) is 0. The first-order valence-electron chi connectivity index (χ1n) is 3.58. The Morgan fingerprint density at radius 3 is 2.71 bits per heavy atom. The van der Waals surface area contributed by atoms with Crippen LogP contribution in [0.1, 0.15) is 23.2 Å². The van der Waals surface area contributed by atoms with Crippen molar-refractivity contribution in [1.29, 1.82) is 5.26 Å². The van der Waals surface area contributed by atoms with Gasteiger partial charge in [0.25, 0.3) is 6.43 Å². The topological polar surface area (TPSA) is 56.9 Å². The molecule has 14 heavy (non-hydrogen) atoms. The van der Waals surface area contributed by atoms with E-state index in [0.717, 1.165) is 6.07 Å². The monoisotopic (exact) mass is 262 g/mol. The third-order valence-electron chi connectivity index (χ3n) is 1.57. The first-order valence-corrected chi connectivity index (χ1v) is 4.38. The number of halogens is 3. The standard InChI is InChI=1S/C8H5BrF2N2O/c9-7-6(8(10)11)4(2-12)1-5(3-14)13-7/h1,8,14H,3H2. The van der Waals surface area contributed by atoms with Gasteiger partial charge in [0.15, 0.2) is 0 Å². The average Bonchev–Trinajstić information content (AvgIpc) is 2.15. The van der Waals surface area contributed by atoms with Crippen LogP contribution in [0.2, 0.25) is 0 Å². The Morgan fingerprint density at radius 1 is 1.64 bits per heavy atom. The normalized spacial score (nSPS) is 10.3. The molecule has 0 saturated carbocycles. The molecule has 1 rings (SSSR count). The molecule has 0 saturated heterocycles. The maximum atomic E-state index is 12.4. The molecular formula is C8H5BrF2N2O. The second kappa shape index (κ2) is 4.44. The van der Waals surface area contributed by atoms with E-state index in [2.05, 4.69) is 20.9 Å². The van der Waals surface area contributed by atoms with Crippen molar-refractivity contribution in [3.8, 4) is 6.07 Å². The molecule has 1 aromatic rings. The highest BCUT2D eigenvalue weighted by molar-refractivity contribution is 9.10. The highest BCUT2D eigenvalue weighted by atomic mass is 79.9. The van der Waals surface area contributed by atoms with E-state index in [1.54, 1.807) is 6.07 Å². The van der Waals surface area contributed by atoms with E-state index in [1.807, 2.05) is 0 Å². The summed E-state index contributed by atoms with van der Waals surface area (Å²) in [4.78, 5) is 3.66. The molecule has 0 bridgehead atoms. The molecule has 74 valence electrons. The number of alkyl halides is 2. The Kier molecular flexibility index (Phi) is 3.49. The molecule has 0 unspecified atom stereocenters. The van der Waals surface area contributed by atoms with Gasteiger partial charge in [-0.05, 0) is 22.0 Å². The van der Waals surface area contributed by atoms with Crippen LogP contribution in [0, 0.1) is 11.3 Å². The Bertz CT molecular complexity index is 390. The van der Waals surface area contributed by atoms with Gasteiger partial charge in [-0.3, -0.25) is 0 Å². The molecule has 0 aliphatic carbocycles. The molecule has 0 radical (unpaired) electrons. The van der Waals surface area contributed by atoms with E-state index in [0.29, 0.717) is 0 Å². The summed E-state index contributed by atoms with van der Waals surface area (Å²) in [5.41, 5.74) is -0.437. The molecule has 0 fully saturated rings. The van der Waals surface area contributed by atoms with Crippen LogP contribution < -0.4 is 0 Å². The molecule has 0 amide bonds. The van der Waals surface area contributed by atoms with Crippen molar-refractivity contribution in [3.05, 3.63) is 27.5 Å². The third-order valence-corrected chi connectivity index (χ3v) is 2.17. The fraction of sp³-hybridized carbons (Fsp3) is 0.250. The van der Waals surface area contributed by atoms with Crippen molar-refractivity contribution in [1.82, 2.24) is 4.98 Å². The highest BCUT2D eigenvalue weighted by Crippen LogP contribution is 2.29. The van der Waals surface area contributed by atoms with Crippen LogP contribution in [0.5, 0.6) is 0 Å². The summed E-state index contributed by atoms with van der Waals surface area (Å²) in [6.07, 6.45) is -2.76. The lowest BCUT2D eigenvalue weighted by atomic mass is 10.1. The van der Waals surface area contributed by atoms with Crippen molar-refractivity contribution < 1.29 is 13.9 Å². The number of hydrogen-bond donors (Lipinski definition) is 1. The quantitative estimate of drug-likeness (QED) is 0.831. The number of hydrogen-bond acceptors (Lipinski definition) is 3. The predicted octanol–water partition coefficient (Wildman–Crippen LogP) is 2.15. The van der Waals surface area contributed by atoms with E-state index in [1.165, 1.54) is 0 Å². The molecule has 1 aromatic heterocycles. The molecule has 0 aromatic carbocycles. The molecule has 1 heterocycles. The van der Waals surface area contributed by atoms with Gasteiger partial charge in [-0.1, -0.05) is 0 Å². The minimum atomic E-state index is -2.76. The molecule has 1 N–H and O–H groups in total. The van der Waals surface area contributed by atoms with Crippen LogP contribution >= 0.6 is 15.9 Å². The number of pyridine rings is 1. The van der Waals surface area contributed by atoms with Gasteiger partial charge in [-0.25, -0.2) is 13.8 Å². The zero-order chi connectivity index (χ0) is 10.7. The van der Waals surface area contributed by atoms with Gasteiger partial charge in [0.05, 0.1) is 29.5 Å². The minimum Gasteiger partial charge on any atom is -0.390 e. The average molecular weight is 263 g/mol. The Balaban J connectivity index is 3.37. The van der Waals surface area contributed by atoms with Crippen molar-refractivity contribution in [3.63, 3.8) is 0 Å². The number of aliphatic hydroxyl groups excluding tert-OH is 1. The van der Waals surface area contributed by atoms with Crippen LogP contribution in [0.4, 0.5) is 8.78 Å². The summed E-state index contributed by atoms with van der Waals surface area (Å²) in [5.74, 6) is 0. The minimum absolute atomic E-state index is 0.101. The molecule has 0 aliphatic heterocycles. The van der Waals surface area contributed by atoms with Crippen LogP contribution in [-0.2, 0) is 6.61 Å². The maximum Gasteiger partial charge on any atom is 0.267 e. The predicted molar refractivity (Wildman–Crippen MR) is 47.5 cm³/mol. The third kappa shape index (κ3) is 2.05. The lowest BCUT2D eigenvalue weighted by Gasteiger charge is -2.06. The summed E-state index contributed by atoms with van der Waals surface area (Å²) < 4.78 is 24.8. The van der Waals surface area contributed by atoms with Gasteiger partial charge < -0.3 is 5.11 Å². The van der Waals surface area contributed by atoms with Gasteiger partial charge in [0.2, 0.25) is 0 Å². The molecule has 0 atom stereocenters. The summed E-state index contributed by atoms with van der Waals surface area (Å²) >= 11 is 2.83. The lowest BCUT2D eigenvalue weighted by Crippen LogP contribution is -1.99. The van der Waals surface area contributed by atoms with E-state index in [9.17, 15) is 8.78 Å². The number of rotatable bonds is 2. The second-order valence-corrected chi connectivity index (χ2v) is 3.19. The smallest absolute Gasteiger partial charge is 0.267 e. The Labute approximate surface area is 87.1 Å². The van der Waals surface area contributed by atoms with Crippen molar-refractivity contribution >= 4 is 15.9 Å². The maximum absolute atomic E-state index is 12.4. The highest BCUT2D eigenvalue weighted by Gasteiger charge is 2.18. The van der Waals surface area contributed by atoms with E-state index < -0.39 is 18.6 Å². The molecule has 0 aliphatic rings. The van der Waals surface area contributed by atoms with Crippen molar-refractivity contribution in [2.75, 3.05) is 0 Å². The van der Waals surface area contributed by atoms with Crippen molar-refractivity contribution in [2.45, 2.75) is 13.0 Å². The Hall–Kier alpha value is -1.06. The zero-order valence-electron chi connectivity index (χ0n) is 6.84. The second-order valence-electron chi connectivity index (χ2n) is 2.44. The van der Waals surface area contributed by atoms with Crippen LogP contribution in [0.25, 0.3) is 0 Å². The van der Waals surface area contributed by atoms with Gasteiger partial charge in [-0.15, -0.1) is 0 Å². The van der Waals surface area contributed by atoms with E-state index in [-0.39, 0.29) is 15.9 Å². The largest absolute Gasteiger partial charge is 0.390 e. The molecule has 0 spiro atoms. The van der Waals surface area contributed by atoms with E-state index >= 15 is 0 Å². The Morgan fingerprint density at radius 2 is 2.29 bits per heavy atom. The first kappa shape index (κ1) is 11.0. The van der Waals surface area contributed by atoms with Crippen LogP contribution in [0.3, 0.4) is 0 Å². The van der Waals surface area contributed by atoms with Crippen molar-refractivity contribution in [2.24, 2.45) is 0 Å². The van der Waals surface area contributed by atoms with Gasteiger partial charge in [0.1, 0.15) is 4.60 Å². The number of nitrogens with zero attached hydrogens (tertiary/aromatic N) is 2. The molecule has 3 nitrogen and oxygen atoms in total. The van der Waals surface area contributed by atoms with E-state index in [4.69, 9.17) is 10.4 Å². The van der Waals surface area contributed by atoms with Gasteiger partial charge in [-0.2, -0.15) is 5.26 Å². The molecule has 6 heteroatoms. The zero-order valence-corrected chi connectivity index (χ0v) is 8.42. The summed E-state index contributed by atoms with van der Waals surface area (Å²) in [6, 6.07) is 2.78. The first-order chi connectivity index (χ1) is 6.60. The van der Waals surface area contributed by atoms with Gasteiger partial charge in [0, 0.05) is 0 Å².